The van der Waals surface area contributed by atoms with Crippen LogP contribution in [0.4, 0.5) is 0 Å². The smallest absolute Gasteiger partial charge is 0.0608 e. The largest absolute Gasteiger partial charge is 0.278 e. The highest BCUT2D eigenvalue weighted by molar-refractivity contribution is 7.95. The molecular weight excluding hydrogens is 288 g/mol. The summed E-state index contributed by atoms with van der Waals surface area (Å²) in [5, 5.41) is 1.38. The highest BCUT2D eigenvalue weighted by Crippen LogP contribution is 2.28. The van der Waals surface area contributed by atoms with Crippen molar-refractivity contribution < 1.29 is 0 Å². The monoisotopic (exact) mass is 320 g/mol. The third-order valence-electron chi connectivity index (χ3n) is 3.64. The molecule has 0 saturated carbocycles. The third kappa shape index (κ3) is 4.79. The summed E-state index contributed by atoms with van der Waals surface area (Å²) in [5.74, 6) is 0. The molecule has 0 bridgehead atoms. The quantitative estimate of drug-likeness (QED) is 0.608. The van der Waals surface area contributed by atoms with Crippen molar-refractivity contribution in [3.63, 3.8) is 0 Å². The van der Waals surface area contributed by atoms with E-state index < -0.39 is 0 Å². The van der Waals surface area contributed by atoms with Crippen LogP contribution in [-0.4, -0.2) is 21.4 Å². The molecule has 22 heavy (non-hydrogen) atoms. The maximum Gasteiger partial charge on any atom is 0.0608 e. The van der Waals surface area contributed by atoms with Gasteiger partial charge in [-0.25, -0.2) is 4.31 Å². The first-order chi connectivity index (χ1) is 10.7. The van der Waals surface area contributed by atoms with Crippen LogP contribution in [0.2, 0.25) is 0 Å². The Morgan fingerprint density at radius 2 is 1.55 bits per heavy atom. The minimum atomic E-state index is 1.22. The van der Waals surface area contributed by atoms with E-state index in [9.17, 15) is 0 Å². The molecule has 1 aromatic carbocycles. The van der Waals surface area contributed by atoms with Crippen molar-refractivity contribution in [3.8, 4) is 0 Å². The lowest BCUT2D eigenvalue weighted by Crippen LogP contribution is -2.24. The number of aromatic nitrogens is 1. The molecule has 0 radical (unpaired) electrons. The first-order valence-corrected chi connectivity index (χ1v) is 9.49. The molecule has 0 N–H and O–H groups in total. The van der Waals surface area contributed by atoms with E-state index in [0.29, 0.717) is 0 Å². The number of hydrogen-bond acceptors (Lipinski definition) is 2. The van der Waals surface area contributed by atoms with E-state index in [4.69, 9.17) is 0 Å². The number of nitrogens with zero attached hydrogens (tertiary/aromatic N) is 2. The van der Waals surface area contributed by atoms with Crippen LogP contribution in [-0.2, 0) is 0 Å². The number of hydrogen-bond donors (Lipinski definition) is 0. The Kier molecular flexibility index (Phi) is 8.66. The molecule has 1 fully saturated rings. The van der Waals surface area contributed by atoms with E-state index in [2.05, 4.69) is 46.5 Å². The Balaban J connectivity index is 0.000000561. The average molecular weight is 321 g/mol. The first-order valence-electron chi connectivity index (χ1n) is 8.76. The Morgan fingerprint density at radius 1 is 0.909 bits per heavy atom. The molecule has 2 nitrogen and oxygen atoms in total. The fraction of sp³-hybridized carbons (Fsp3) is 0.579. The summed E-state index contributed by atoms with van der Waals surface area (Å²) in [6.45, 7) is 14.8. The van der Waals surface area contributed by atoms with E-state index >= 15 is 0 Å². The van der Waals surface area contributed by atoms with Gasteiger partial charge in [0, 0.05) is 36.8 Å². The van der Waals surface area contributed by atoms with Crippen LogP contribution < -0.4 is 0 Å². The van der Waals surface area contributed by atoms with E-state index in [0.717, 1.165) is 0 Å². The summed E-state index contributed by atoms with van der Waals surface area (Å²) in [6, 6.07) is 6.73. The number of rotatable bonds is 2. The summed E-state index contributed by atoms with van der Waals surface area (Å²) in [6.07, 6.45) is 6.33. The van der Waals surface area contributed by atoms with Gasteiger partial charge in [0.1, 0.15) is 0 Å². The van der Waals surface area contributed by atoms with Crippen molar-refractivity contribution in [1.82, 2.24) is 8.28 Å². The molecule has 0 aliphatic carbocycles. The van der Waals surface area contributed by atoms with Crippen molar-refractivity contribution in [2.24, 2.45) is 0 Å². The lowest BCUT2D eigenvalue weighted by molar-refractivity contribution is 0.379. The Morgan fingerprint density at radius 3 is 2.18 bits per heavy atom. The molecule has 0 atom stereocenters. The van der Waals surface area contributed by atoms with Gasteiger partial charge in [-0.05, 0) is 43.9 Å². The zero-order chi connectivity index (χ0) is 16.5. The van der Waals surface area contributed by atoms with Gasteiger partial charge in [0.15, 0.2) is 0 Å². The molecule has 0 spiro atoms. The van der Waals surface area contributed by atoms with Gasteiger partial charge >= 0.3 is 0 Å². The Hall–Kier alpha value is -0.930. The van der Waals surface area contributed by atoms with Crippen LogP contribution >= 0.6 is 12.1 Å². The molecule has 2 heterocycles. The van der Waals surface area contributed by atoms with Crippen LogP contribution in [0.15, 0.2) is 24.4 Å². The maximum absolute atomic E-state index is 2.49. The highest BCUT2D eigenvalue weighted by atomic mass is 32.2. The molecule has 1 aliphatic rings. The minimum absolute atomic E-state index is 1.22. The molecular formula is C19H32N2S. The van der Waals surface area contributed by atoms with Gasteiger partial charge in [-0.2, -0.15) is 0 Å². The maximum atomic E-state index is 2.49. The second-order valence-electron chi connectivity index (χ2n) is 5.23. The van der Waals surface area contributed by atoms with Crippen molar-refractivity contribution in [2.75, 3.05) is 13.1 Å². The Bertz CT molecular complexity index is 554. The SMILES string of the molecule is CC.CC.Cc1ccc2c(C)cn(SN3CCCCC3)c2c1. The van der Waals surface area contributed by atoms with Crippen LogP contribution in [0.3, 0.4) is 0 Å². The van der Waals surface area contributed by atoms with Gasteiger partial charge in [0.2, 0.25) is 0 Å². The fourth-order valence-electron chi connectivity index (χ4n) is 2.61. The standard InChI is InChI=1S/C15H20N2S.2C2H6/c1-12-6-7-14-13(2)11-17(15(14)10-12)18-16-8-4-3-5-9-16;2*1-2/h6-7,10-11H,3-5,8-9H2,1-2H3;2*1-2H3. The van der Waals surface area contributed by atoms with Crippen molar-refractivity contribution in [3.05, 3.63) is 35.5 Å². The van der Waals surface area contributed by atoms with Crippen molar-refractivity contribution in [1.29, 1.82) is 0 Å². The molecule has 3 rings (SSSR count). The van der Waals surface area contributed by atoms with Gasteiger partial charge in [0.25, 0.3) is 0 Å². The van der Waals surface area contributed by atoms with Crippen LogP contribution in [0, 0.1) is 13.8 Å². The summed E-state index contributed by atoms with van der Waals surface area (Å²) >= 11 is 1.87. The molecule has 1 saturated heterocycles. The van der Waals surface area contributed by atoms with E-state index in [1.165, 1.54) is 54.4 Å². The molecule has 1 aromatic heterocycles. The number of benzene rings is 1. The highest BCUT2D eigenvalue weighted by Gasteiger charge is 2.13. The summed E-state index contributed by atoms with van der Waals surface area (Å²) in [4.78, 5) is 0. The van der Waals surface area contributed by atoms with Crippen LogP contribution in [0.1, 0.15) is 58.1 Å². The lowest BCUT2D eigenvalue weighted by Gasteiger charge is -2.25. The number of fused-ring (bicyclic) bond motifs is 1. The first kappa shape index (κ1) is 19.1. The second kappa shape index (κ2) is 9.96. The predicted molar refractivity (Wildman–Crippen MR) is 103 cm³/mol. The van der Waals surface area contributed by atoms with Crippen molar-refractivity contribution >= 4 is 23.0 Å². The number of piperidine rings is 1. The van der Waals surface area contributed by atoms with Gasteiger partial charge in [-0.15, -0.1) is 0 Å². The van der Waals surface area contributed by atoms with Gasteiger partial charge in [0.05, 0.1) is 5.52 Å². The minimum Gasteiger partial charge on any atom is -0.278 e. The molecule has 3 heteroatoms. The zero-order valence-corrected chi connectivity index (χ0v) is 16.0. The van der Waals surface area contributed by atoms with Crippen LogP contribution in [0.25, 0.3) is 10.9 Å². The van der Waals surface area contributed by atoms with Gasteiger partial charge in [-0.3, -0.25) is 3.97 Å². The summed E-state index contributed by atoms with van der Waals surface area (Å²) < 4.78 is 4.83. The second-order valence-corrected chi connectivity index (χ2v) is 6.30. The van der Waals surface area contributed by atoms with Crippen LogP contribution in [0.5, 0.6) is 0 Å². The Labute approximate surface area is 141 Å². The topological polar surface area (TPSA) is 8.17 Å². The molecule has 1 aliphatic heterocycles. The number of aryl methyl sites for hydroxylation is 2. The fourth-order valence-corrected chi connectivity index (χ4v) is 3.73. The van der Waals surface area contributed by atoms with Crippen molar-refractivity contribution in [2.45, 2.75) is 60.8 Å². The van der Waals surface area contributed by atoms with E-state index in [-0.39, 0.29) is 0 Å². The summed E-state index contributed by atoms with van der Waals surface area (Å²) in [7, 11) is 0. The normalized spacial score (nSPS) is 14.8. The van der Waals surface area contributed by atoms with E-state index in [1.54, 1.807) is 0 Å². The van der Waals surface area contributed by atoms with E-state index in [1.807, 2.05) is 39.8 Å². The molecule has 0 unspecified atom stereocenters. The summed E-state index contributed by atoms with van der Waals surface area (Å²) in [5.41, 5.74) is 4.05. The molecule has 124 valence electrons. The van der Waals surface area contributed by atoms with Gasteiger partial charge in [-0.1, -0.05) is 46.2 Å². The predicted octanol–water partition coefficient (Wildman–Crippen LogP) is 6.21. The molecule has 2 aromatic rings. The molecule has 0 amide bonds. The zero-order valence-electron chi connectivity index (χ0n) is 15.1. The average Bonchev–Trinajstić information content (AvgIpc) is 2.87. The van der Waals surface area contributed by atoms with Gasteiger partial charge < -0.3 is 0 Å². The lowest BCUT2D eigenvalue weighted by atomic mass is 10.1. The third-order valence-corrected chi connectivity index (χ3v) is 4.72.